The van der Waals surface area contributed by atoms with E-state index in [1.807, 2.05) is 0 Å². The van der Waals surface area contributed by atoms with Gasteiger partial charge in [-0.2, -0.15) is 10.5 Å². The number of nitrogens with zero attached hydrogens (tertiary/aromatic N) is 2. The highest BCUT2D eigenvalue weighted by molar-refractivity contribution is 6.40. The van der Waals surface area contributed by atoms with Gasteiger partial charge in [0.05, 0.1) is 10.0 Å². The van der Waals surface area contributed by atoms with Crippen LogP contribution in [0.3, 0.4) is 0 Å². The van der Waals surface area contributed by atoms with Crippen LogP contribution in [0.5, 0.6) is 0 Å². The molecule has 0 radical (unpaired) electrons. The number of hydrogen-bond donors (Lipinski definition) is 0. The molecule has 0 aliphatic carbocycles. The van der Waals surface area contributed by atoms with Crippen LogP contribution in [0.15, 0.2) is 17.7 Å². The summed E-state index contributed by atoms with van der Waals surface area (Å²) in [7, 11) is 0. The lowest BCUT2D eigenvalue weighted by Crippen LogP contribution is -1.81. The predicted molar refractivity (Wildman–Crippen MR) is 60.7 cm³/mol. The highest BCUT2D eigenvalue weighted by Crippen LogP contribution is 2.30. The third-order valence-electron chi connectivity index (χ3n) is 1.57. The van der Waals surface area contributed by atoms with Crippen LogP contribution in [-0.4, -0.2) is 0 Å². The maximum absolute atomic E-state index is 8.57. The fourth-order valence-electron chi connectivity index (χ4n) is 0.925. The van der Waals surface area contributed by atoms with E-state index in [4.69, 9.17) is 45.3 Å². The molecule has 1 rings (SSSR count). The van der Waals surface area contributed by atoms with Gasteiger partial charge in [0, 0.05) is 10.6 Å². The van der Waals surface area contributed by atoms with Gasteiger partial charge in [-0.1, -0.05) is 34.8 Å². The Bertz CT molecular complexity index is 467. The van der Waals surface area contributed by atoms with E-state index >= 15 is 0 Å². The van der Waals surface area contributed by atoms with Crippen molar-refractivity contribution in [3.63, 3.8) is 0 Å². The Hall–Kier alpha value is -1.19. The average Bonchev–Trinajstić information content (AvgIpc) is 2.17. The molecule has 0 aliphatic heterocycles. The zero-order chi connectivity index (χ0) is 11.4. The second-order valence-corrected chi connectivity index (χ2v) is 3.82. The second-order valence-electron chi connectivity index (χ2n) is 2.56. The van der Waals surface area contributed by atoms with Gasteiger partial charge in [-0.05, 0) is 18.2 Å². The van der Waals surface area contributed by atoms with Crippen molar-refractivity contribution in [1.29, 1.82) is 10.5 Å². The summed E-state index contributed by atoms with van der Waals surface area (Å²) < 4.78 is 0. The zero-order valence-electron chi connectivity index (χ0n) is 7.26. The van der Waals surface area contributed by atoms with Gasteiger partial charge in [0.2, 0.25) is 0 Å². The van der Waals surface area contributed by atoms with Crippen LogP contribution in [0, 0.1) is 22.7 Å². The fraction of sp³-hybridized carbons (Fsp3) is 0. The van der Waals surface area contributed by atoms with Gasteiger partial charge in [-0.15, -0.1) is 0 Å². The molecule has 0 unspecified atom stereocenters. The zero-order valence-corrected chi connectivity index (χ0v) is 9.53. The van der Waals surface area contributed by atoms with Gasteiger partial charge >= 0.3 is 0 Å². The number of allylic oxidation sites excluding steroid dienone is 1. The van der Waals surface area contributed by atoms with Crippen molar-refractivity contribution in [2.24, 2.45) is 0 Å². The Morgan fingerprint density at radius 2 is 1.53 bits per heavy atom. The third kappa shape index (κ3) is 2.88. The molecule has 15 heavy (non-hydrogen) atoms. The summed E-state index contributed by atoms with van der Waals surface area (Å²) in [5.74, 6) is 0. The summed E-state index contributed by atoms with van der Waals surface area (Å²) in [6, 6.07) is 6.42. The van der Waals surface area contributed by atoms with Gasteiger partial charge in [0.15, 0.2) is 0 Å². The van der Waals surface area contributed by atoms with Gasteiger partial charge < -0.3 is 0 Å². The van der Waals surface area contributed by atoms with Crippen LogP contribution in [-0.2, 0) is 0 Å². The summed E-state index contributed by atoms with van der Waals surface area (Å²) in [5, 5.41) is 18.1. The minimum Gasteiger partial charge on any atom is -0.192 e. The molecule has 0 saturated heterocycles. The van der Waals surface area contributed by atoms with Crippen LogP contribution in [0.1, 0.15) is 5.56 Å². The molecule has 0 aromatic heterocycles. The Morgan fingerprint density at radius 3 is 1.93 bits per heavy atom. The Kier molecular flexibility index (Phi) is 4.00. The molecule has 1 aromatic carbocycles. The van der Waals surface area contributed by atoms with E-state index in [0.717, 1.165) is 0 Å². The molecular weight excluding hydrogens is 254 g/mol. The van der Waals surface area contributed by atoms with E-state index in [2.05, 4.69) is 0 Å². The lowest BCUT2D eigenvalue weighted by Gasteiger charge is -2.02. The molecule has 5 heteroatoms. The molecule has 0 aliphatic rings. The van der Waals surface area contributed by atoms with Crippen molar-refractivity contribution in [3.05, 3.63) is 38.3 Å². The smallest absolute Gasteiger partial charge is 0.130 e. The van der Waals surface area contributed by atoms with Crippen molar-refractivity contribution in [2.45, 2.75) is 0 Å². The SMILES string of the molecule is N#CC(C#N)=Cc1c(Cl)cc(Cl)cc1Cl. The molecule has 74 valence electrons. The summed E-state index contributed by atoms with van der Waals surface area (Å²) in [5.41, 5.74) is 0.349. The number of halogens is 3. The number of hydrogen-bond acceptors (Lipinski definition) is 2. The molecule has 0 amide bonds. The Morgan fingerprint density at radius 1 is 1.07 bits per heavy atom. The van der Waals surface area contributed by atoms with Crippen LogP contribution in [0.4, 0.5) is 0 Å². The Balaban J connectivity index is 3.36. The van der Waals surface area contributed by atoms with Crippen molar-refractivity contribution in [2.75, 3.05) is 0 Å². The number of rotatable bonds is 1. The number of benzene rings is 1. The van der Waals surface area contributed by atoms with Gasteiger partial charge in [-0.25, -0.2) is 0 Å². The third-order valence-corrected chi connectivity index (χ3v) is 2.42. The lowest BCUT2D eigenvalue weighted by molar-refractivity contribution is 1.47. The summed E-state index contributed by atoms with van der Waals surface area (Å²) in [4.78, 5) is 0. The second kappa shape index (κ2) is 5.05. The lowest BCUT2D eigenvalue weighted by atomic mass is 10.1. The highest BCUT2D eigenvalue weighted by atomic mass is 35.5. The molecule has 0 N–H and O–H groups in total. The minimum atomic E-state index is -0.0684. The van der Waals surface area contributed by atoms with E-state index in [0.29, 0.717) is 20.6 Å². The average molecular weight is 258 g/mol. The van der Waals surface area contributed by atoms with Crippen LogP contribution in [0.2, 0.25) is 15.1 Å². The van der Waals surface area contributed by atoms with E-state index in [1.54, 1.807) is 12.1 Å². The number of nitriles is 2. The van der Waals surface area contributed by atoms with Crippen molar-refractivity contribution in [1.82, 2.24) is 0 Å². The first-order valence-corrected chi connectivity index (χ1v) is 4.88. The molecule has 0 bridgehead atoms. The highest BCUT2D eigenvalue weighted by Gasteiger charge is 2.06. The fourth-order valence-corrected chi connectivity index (χ4v) is 1.85. The predicted octanol–water partition coefficient (Wildman–Crippen LogP) is 4.08. The van der Waals surface area contributed by atoms with Crippen LogP contribution >= 0.6 is 34.8 Å². The van der Waals surface area contributed by atoms with Crippen molar-refractivity contribution >= 4 is 40.9 Å². The molecule has 0 atom stereocenters. The van der Waals surface area contributed by atoms with E-state index in [1.165, 1.54) is 18.2 Å². The molecule has 0 heterocycles. The maximum Gasteiger partial charge on any atom is 0.130 e. The van der Waals surface area contributed by atoms with E-state index < -0.39 is 0 Å². The summed E-state index contributed by atoms with van der Waals surface area (Å²) in [6.07, 6.45) is 1.32. The maximum atomic E-state index is 8.57. The molecular formula is C10H3Cl3N2. The quantitative estimate of drug-likeness (QED) is 0.712. The largest absolute Gasteiger partial charge is 0.192 e. The van der Waals surface area contributed by atoms with Crippen LogP contribution in [0.25, 0.3) is 6.08 Å². The first-order valence-electron chi connectivity index (χ1n) is 3.75. The van der Waals surface area contributed by atoms with Gasteiger partial charge in [0.1, 0.15) is 17.7 Å². The minimum absolute atomic E-state index is 0.0684. The molecule has 1 aromatic rings. The van der Waals surface area contributed by atoms with Crippen molar-refractivity contribution in [3.8, 4) is 12.1 Å². The molecule has 0 fully saturated rings. The van der Waals surface area contributed by atoms with Crippen LogP contribution < -0.4 is 0 Å². The van der Waals surface area contributed by atoms with Crippen molar-refractivity contribution < 1.29 is 0 Å². The summed E-state index contributed by atoms with van der Waals surface area (Å²) in [6.45, 7) is 0. The standard InChI is InChI=1S/C10H3Cl3N2/c11-7-2-9(12)8(10(13)3-7)1-6(4-14)5-15/h1-3H. The normalized spacial score (nSPS) is 8.87. The molecule has 0 saturated carbocycles. The topological polar surface area (TPSA) is 47.6 Å². The van der Waals surface area contributed by atoms with E-state index in [9.17, 15) is 0 Å². The van der Waals surface area contributed by atoms with Gasteiger partial charge in [0.25, 0.3) is 0 Å². The van der Waals surface area contributed by atoms with Gasteiger partial charge in [-0.3, -0.25) is 0 Å². The first kappa shape index (κ1) is 11.9. The Labute approximate surface area is 102 Å². The molecule has 2 nitrogen and oxygen atoms in total. The monoisotopic (exact) mass is 256 g/mol. The molecule has 0 spiro atoms. The van der Waals surface area contributed by atoms with E-state index in [-0.39, 0.29) is 5.57 Å². The summed E-state index contributed by atoms with van der Waals surface area (Å²) >= 11 is 17.4. The first-order chi connectivity index (χ1) is 7.08.